The fourth-order valence-corrected chi connectivity index (χ4v) is 9.43. The van der Waals surface area contributed by atoms with E-state index in [1.807, 2.05) is 7.11 Å². The van der Waals surface area contributed by atoms with E-state index in [0.717, 1.165) is 70.1 Å². The van der Waals surface area contributed by atoms with Crippen molar-refractivity contribution >= 4 is 0 Å². The Hall–Kier alpha value is -0.200. The standard InChI is InChI=1S/C25H40O5/c1-22-7-5-21-19(20(22)6-8-25(22)29-15-16-30-25)4-3-18-17-24(27-13-14-28-24)10-9-23(18,21)11-12-26-2/h18-21H,3-17H2,1-2H3/t18-,19-,20-,21-,22-,23+/m0/s1. The molecule has 6 fully saturated rings. The van der Waals surface area contributed by atoms with Crippen LogP contribution in [0.2, 0.25) is 0 Å². The van der Waals surface area contributed by atoms with Gasteiger partial charge in [0.05, 0.1) is 26.4 Å². The summed E-state index contributed by atoms with van der Waals surface area (Å²) in [5.74, 6) is 2.49. The summed E-state index contributed by atoms with van der Waals surface area (Å²) in [5.41, 5.74) is 0.585. The lowest BCUT2D eigenvalue weighted by atomic mass is 9.43. The van der Waals surface area contributed by atoms with E-state index < -0.39 is 0 Å². The summed E-state index contributed by atoms with van der Waals surface area (Å²) < 4.78 is 30.7. The van der Waals surface area contributed by atoms with Crippen LogP contribution < -0.4 is 0 Å². The molecule has 0 aromatic rings. The second-order valence-corrected chi connectivity index (χ2v) is 11.4. The van der Waals surface area contributed by atoms with Gasteiger partial charge < -0.3 is 23.7 Å². The van der Waals surface area contributed by atoms with Gasteiger partial charge in [-0.3, -0.25) is 0 Å². The molecule has 30 heavy (non-hydrogen) atoms. The maximum Gasteiger partial charge on any atom is 0.174 e. The molecule has 5 heteroatoms. The van der Waals surface area contributed by atoms with Crippen molar-refractivity contribution in [3.63, 3.8) is 0 Å². The Morgan fingerprint density at radius 1 is 0.800 bits per heavy atom. The molecule has 6 atom stereocenters. The maximum absolute atomic E-state index is 6.34. The minimum absolute atomic E-state index is 0.188. The molecule has 6 rings (SSSR count). The Morgan fingerprint density at radius 3 is 2.30 bits per heavy atom. The summed E-state index contributed by atoms with van der Waals surface area (Å²) in [6.45, 7) is 6.47. The van der Waals surface area contributed by atoms with Crippen LogP contribution in [0.15, 0.2) is 0 Å². The first-order valence-corrected chi connectivity index (χ1v) is 12.6. The molecule has 2 spiro atoms. The van der Waals surface area contributed by atoms with Crippen molar-refractivity contribution in [2.45, 2.75) is 82.7 Å². The number of fused-ring (bicyclic) bond motifs is 6. The zero-order chi connectivity index (χ0) is 20.5. The smallest absolute Gasteiger partial charge is 0.174 e. The summed E-state index contributed by atoms with van der Waals surface area (Å²) >= 11 is 0. The molecule has 2 aliphatic heterocycles. The summed E-state index contributed by atoms with van der Waals surface area (Å²) in [5, 5.41) is 0. The molecule has 2 saturated heterocycles. The number of ether oxygens (including phenoxy) is 5. The third-order valence-electron chi connectivity index (χ3n) is 10.7. The maximum atomic E-state index is 6.34. The number of hydrogen-bond acceptors (Lipinski definition) is 5. The van der Waals surface area contributed by atoms with E-state index in [9.17, 15) is 0 Å². The van der Waals surface area contributed by atoms with Crippen molar-refractivity contribution in [2.24, 2.45) is 34.5 Å². The highest BCUT2D eigenvalue weighted by atomic mass is 16.7. The molecular formula is C25H40O5. The second kappa shape index (κ2) is 7.15. The van der Waals surface area contributed by atoms with Gasteiger partial charge in [0.2, 0.25) is 0 Å². The van der Waals surface area contributed by atoms with Crippen LogP contribution in [-0.2, 0) is 23.7 Å². The van der Waals surface area contributed by atoms with Crippen LogP contribution >= 0.6 is 0 Å². The molecule has 0 aromatic carbocycles. The lowest BCUT2D eigenvalue weighted by Crippen LogP contribution is -2.59. The van der Waals surface area contributed by atoms with E-state index in [2.05, 4.69) is 6.92 Å². The highest BCUT2D eigenvalue weighted by Crippen LogP contribution is 2.71. The summed E-state index contributed by atoms with van der Waals surface area (Å²) in [6.07, 6.45) is 12.2. The predicted molar refractivity (Wildman–Crippen MR) is 112 cm³/mol. The van der Waals surface area contributed by atoms with Crippen molar-refractivity contribution in [1.29, 1.82) is 0 Å². The summed E-state index contributed by atoms with van der Waals surface area (Å²) in [7, 11) is 1.87. The van der Waals surface area contributed by atoms with E-state index in [1.54, 1.807) is 0 Å². The molecule has 2 heterocycles. The van der Waals surface area contributed by atoms with Crippen LogP contribution in [0.1, 0.15) is 71.1 Å². The van der Waals surface area contributed by atoms with E-state index in [1.165, 1.54) is 44.9 Å². The van der Waals surface area contributed by atoms with E-state index >= 15 is 0 Å². The summed E-state index contributed by atoms with van der Waals surface area (Å²) in [4.78, 5) is 0. The van der Waals surface area contributed by atoms with Crippen molar-refractivity contribution < 1.29 is 23.7 Å². The molecule has 0 bridgehead atoms. The monoisotopic (exact) mass is 420 g/mol. The molecule has 0 radical (unpaired) electrons. The molecule has 0 unspecified atom stereocenters. The van der Waals surface area contributed by atoms with Crippen LogP contribution in [0.25, 0.3) is 0 Å². The van der Waals surface area contributed by atoms with Gasteiger partial charge in [-0.05, 0) is 74.0 Å². The zero-order valence-corrected chi connectivity index (χ0v) is 19.0. The first-order chi connectivity index (χ1) is 14.6. The highest BCUT2D eigenvalue weighted by molar-refractivity contribution is 5.14. The average Bonchev–Trinajstić information content (AvgIpc) is 3.48. The van der Waals surface area contributed by atoms with Crippen molar-refractivity contribution in [2.75, 3.05) is 40.1 Å². The van der Waals surface area contributed by atoms with Crippen LogP contribution in [0.3, 0.4) is 0 Å². The van der Waals surface area contributed by atoms with Crippen molar-refractivity contribution in [3.8, 4) is 0 Å². The number of methoxy groups -OCH3 is 1. The average molecular weight is 421 g/mol. The third kappa shape index (κ3) is 2.65. The van der Waals surface area contributed by atoms with Gasteiger partial charge in [-0.2, -0.15) is 0 Å². The van der Waals surface area contributed by atoms with Crippen LogP contribution in [0.4, 0.5) is 0 Å². The lowest BCUT2D eigenvalue weighted by molar-refractivity contribution is -0.261. The Bertz CT molecular complexity index is 654. The Morgan fingerprint density at radius 2 is 1.53 bits per heavy atom. The van der Waals surface area contributed by atoms with Gasteiger partial charge in [0.25, 0.3) is 0 Å². The van der Waals surface area contributed by atoms with E-state index in [-0.39, 0.29) is 17.0 Å². The van der Waals surface area contributed by atoms with Crippen LogP contribution in [0.5, 0.6) is 0 Å². The quantitative estimate of drug-likeness (QED) is 0.671. The number of hydrogen-bond donors (Lipinski definition) is 0. The minimum atomic E-state index is -0.290. The molecule has 0 aromatic heterocycles. The highest BCUT2D eigenvalue weighted by Gasteiger charge is 2.68. The van der Waals surface area contributed by atoms with Crippen LogP contribution in [0, 0.1) is 34.5 Å². The van der Waals surface area contributed by atoms with Gasteiger partial charge in [0.1, 0.15) is 0 Å². The lowest BCUT2D eigenvalue weighted by Gasteiger charge is -2.63. The number of rotatable bonds is 3. The minimum Gasteiger partial charge on any atom is -0.385 e. The molecule has 4 saturated carbocycles. The first kappa shape index (κ1) is 20.4. The second-order valence-electron chi connectivity index (χ2n) is 11.4. The van der Waals surface area contributed by atoms with E-state index in [0.29, 0.717) is 11.3 Å². The predicted octanol–water partition coefficient (Wildman–Crippen LogP) is 4.53. The molecule has 170 valence electrons. The van der Waals surface area contributed by atoms with Gasteiger partial charge in [-0.1, -0.05) is 6.92 Å². The third-order valence-corrected chi connectivity index (χ3v) is 10.7. The fraction of sp³-hybridized carbons (Fsp3) is 1.00. The zero-order valence-electron chi connectivity index (χ0n) is 19.0. The topological polar surface area (TPSA) is 46.2 Å². The molecule has 5 nitrogen and oxygen atoms in total. The van der Waals surface area contributed by atoms with Gasteiger partial charge in [-0.15, -0.1) is 0 Å². The Kier molecular flexibility index (Phi) is 4.86. The van der Waals surface area contributed by atoms with Gasteiger partial charge in [0, 0.05) is 38.4 Å². The fourth-order valence-electron chi connectivity index (χ4n) is 9.43. The molecule has 4 aliphatic carbocycles. The van der Waals surface area contributed by atoms with Gasteiger partial charge >= 0.3 is 0 Å². The van der Waals surface area contributed by atoms with Crippen molar-refractivity contribution in [3.05, 3.63) is 0 Å². The van der Waals surface area contributed by atoms with Crippen molar-refractivity contribution in [1.82, 2.24) is 0 Å². The van der Waals surface area contributed by atoms with E-state index in [4.69, 9.17) is 23.7 Å². The Labute approximate surface area is 181 Å². The SMILES string of the molecule is COCC[C@]12CCC3(C[C@@H]1CC[C@@H]1[C@@H]2CC[C@@]2(C)[C@H]1CCC21OCCO1)OCCO3. The van der Waals surface area contributed by atoms with Gasteiger partial charge in [-0.25, -0.2) is 0 Å². The van der Waals surface area contributed by atoms with Gasteiger partial charge in [0.15, 0.2) is 11.6 Å². The first-order valence-electron chi connectivity index (χ1n) is 12.6. The molecular weight excluding hydrogens is 380 g/mol. The molecule has 0 amide bonds. The largest absolute Gasteiger partial charge is 0.385 e. The normalized spacial score (nSPS) is 48.6. The summed E-state index contributed by atoms with van der Waals surface area (Å²) in [6, 6.07) is 0. The Balaban J connectivity index is 1.30. The molecule has 6 aliphatic rings. The molecule has 0 N–H and O–H groups in total. The van der Waals surface area contributed by atoms with Crippen LogP contribution in [-0.4, -0.2) is 51.7 Å².